The van der Waals surface area contributed by atoms with E-state index in [1.54, 1.807) is 39.2 Å². The number of nitrogens with two attached hydrogens (primary N) is 1. The number of phenolic OH excluding ortho intramolecular Hbond substituents is 1. The Labute approximate surface area is 241 Å². The minimum absolute atomic E-state index is 0.0200. The molecule has 0 aliphatic carbocycles. The molecule has 1 heterocycles. The molecule has 5 N–H and O–H groups in total. The molecular formula is C28H41N3O9S. The first-order valence-electron chi connectivity index (χ1n) is 13.6. The van der Waals surface area contributed by atoms with Crippen LogP contribution in [0, 0.1) is 5.92 Å². The summed E-state index contributed by atoms with van der Waals surface area (Å²) in [6.45, 7) is 7.69. The van der Waals surface area contributed by atoms with Crippen LogP contribution < -0.4 is 30.6 Å². The summed E-state index contributed by atoms with van der Waals surface area (Å²) in [6.07, 6.45) is -0.186. The van der Waals surface area contributed by atoms with Crippen molar-refractivity contribution < 1.29 is 42.0 Å². The molecule has 0 radical (unpaired) electrons. The molecule has 2 aromatic rings. The number of ether oxygens (including phenoxy) is 5. The van der Waals surface area contributed by atoms with E-state index < -0.39 is 33.3 Å². The van der Waals surface area contributed by atoms with Crippen LogP contribution in [-0.4, -0.2) is 71.3 Å². The van der Waals surface area contributed by atoms with Gasteiger partial charge in [-0.1, -0.05) is 26.8 Å². The average Bonchev–Trinajstić information content (AvgIpc) is 3.40. The zero-order valence-electron chi connectivity index (χ0n) is 24.0. The highest BCUT2D eigenvalue weighted by Gasteiger charge is 2.34. The summed E-state index contributed by atoms with van der Waals surface area (Å²) in [6, 6.07) is 7.79. The summed E-state index contributed by atoms with van der Waals surface area (Å²) in [5.41, 5.74) is 5.78. The predicted molar refractivity (Wildman–Crippen MR) is 153 cm³/mol. The van der Waals surface area contributed by atoms with Crippen LogP contribution >= 0.6 is 0 Å². The van der Waals surface area contributed by atoms with Crippen LogP contribution in [-0.2, 0) is 25.7 Å². The zero-order chi connectivity index (χ0) is 30.0. The molecule has 13 heteroatoms. The number of aromatic hydroxyl groups is 1. The Bertz CT molecular complexity index is 1270. The monoisotopic (exact) mass is 595 g/mol. The van der Waals surface area contributed by atoms with Crippen molar-refractivity contribution in [2.45, 2.75) is 56.4 Å². The van der Waals surface area contributed by atoms with E-state index in [9.17, 15) is 18.3 Å². The highest BCUT2D eigenvalue weighted by Crippen LogP contribution is 2.41. The summed E-state index contributed by atoms with van der Waals surface area (Å²) in [5.74, 6) is 0.506. The van der Waals surface area contributed by atoms with Crippen molar-refractivity contribution in [1.29, 1.82) is 0 Å². The highest BCUT2D eigenvalue weighted by molar-refractivity contribution is 7.92. The summed E-state index contributed by atoms with van der Waals surface area (Å²) in [5, 5.41) is 16.5. The van der Waals surface area contributed by atoms with Gasteiger partial charge >= 0.3 is 6.09 Å². The Hall–Kier alpha value is -3.42. The van der Waals surface area contributed by atoms with Crippen LogP contribution in [0.25, 0.3) is 0 Å². The highest BCUT2D eigenvalue weighted by atomic mass is 32.2. The molecule has 0 saturated carbocycles. The number of hydrogen-bond donors (Lipinski definition) is 4. The van der Waals surface area contributed by atoms with Gasteiger partial charge in [-0.25, -0.2) is 13.2 Å². The van der Waals surface area contributed by atoms with Crippen LogP contribution in [0.5, 0.6) is 23.0 Å². The van der Waals surface area contributed by atoms with Crippen LogP contribution in [0.3, 0.4) is 0 Å². The van der Waals surface area contributed by atoms with Gasteiger partial charge in [-0.05, 0) is 49.1 Å². The lowest BCUT2D eigenvalue weighted by Crippen LogP contribution is -2.35. The third-order valence-corrected chi connectivity index (χ3v) is 8.79. The van der Waals surface area contributed by atoms with Crippen LogP contribution in [0.2, 0.25) is 0 Å². The molecule has 2 unspecified atom stereocenters. The van der Waals surface area contributed by atoms with Crippen LogP contribution in [0.15, 0.2) is 35.2 Å². The molecule has 0 spiro atoms. The zero-order valence-corrected chi connectivity index (χ0v) is 24.8. The van der Waals surface area contributed by atoms with E-state index in [0.717, 1.165) is 0 Å². The number of carbonyl (C=O) groups excluding carboxylic acids is 1. The molecule has 1 aliphatic heterocycles. The topological polar surface area (TPSA) is 168 Å². The summed E-state index contributed by atoms with van der Waals surface area (Å²) in [7, 11) is -2.33. The molecule has 12 nitrogen and oxygen atoms in total. The summed E-state index contributed by atoms with van der Waals surface area (Å²) >= 11 is 0. The van der Waals surface area contributed by atoms with E-state index in [2.05, 4.69) is 10.6 Å². The molecular weight excluding hydrogens is 554 g/mol. The van der Waals surface area contributed by atoms with E-state index in [1.165, 1.54) is 12.1 Å². The van der Waals surface area contributed by atoms with Gasteiger partial charge in [-0.2, -0.15) is 0 Å². The number of nitrogens with one attached hydrogen (secondary N) is 2. The fourth-order valence-electron chi connectivity index (χ4n) is 4.34. The predicted octanol–water partition coefficient (Wildman–Crippen LogP) is 3.41. The molecule has 228 valence electrons. The number of methoxy groups -OCH3 is 1. The van der Waals surface area contributed by atoms with Crippen molar-refractivity contribution in [1.82, 2.24) is 5.32 Å². The summed E-state index contributed by atoms with van der Waals surface area (Å²) < 4.78 is 54.6. The maximum absolute atomic E-state index is 13.8. The molecule has 0 bridgehead atoms. The minimum Gasteiger partial charge on any atom is -0.505 e. The number of phenols is 1. The summed E-state index contributed by atoms with van der Waals surface area (Å²) in [4.78, 5) is 11.4. The number of rotatable bonds is 17. The number of fused-ring (bicyclic) bond motifs is 1. The van der Waals surface area contributed by atoms with Gasteiger partial charge in [0.15, 0.2) is 21.3 Å². The van der Waals surface area contributed by atoms with E-state index >= 15 is 0 Å². The maximum atomic E-state index is 13.8. The van der Waals surface area contributed by atoms with E-state index in [1.807, 2.05) is 6.92 Å². The standard InChI is InChI=1S/C28H41N3O9S/c1-5-20(40-28(29)33)15-19-7-9-23(37-13-6-11-30-12-14-36-4)25(26(19)32)31-27(18(2)3)41(34,35)21-8-10-22-24(16-21)39-17-38-22/h7-10,16,18,20,27,30-32H,5-6,11-15,17H2,1-4H3,(H2,29,33). The number of amides is 1. The van der Waals surface area contributed by atoms with Gasteiger partial charge in [0.1, 0.15) is 28.7 Å². The van der Waals surface area contributed by atoms with Gasteiger partial charge in [-0.3, -0.25) is 0 Å². The normalized spacial score (nSPS) is 14.1. The number of hydrogen-bond acceptors (Lipinski definition) is 11. The second-order valence-electron chi connectivity index (χ2n) is 9.93. The minimum atomic E-state index is -3.97. The SMILES string of the molecule is CCC(Cc1ccc(OCCCNCCOC)c(NC(C(C)C)S(=O)(=O)c2ccc3c(c2)OCO3)c1O)OC(N)=O. The quantitative estimate of drug-likeness (QED) is 0.156. The van der Waals surface area contributed by atoms with Gasteiger partial charge < -0.3 is 45.2 Å². The first-order chi connectivity index (χ1) is 19.6. The van der Waals surface area contributed by atoms with E-state index in [4.69, 9.17) is 29.4 Å². The van der Waals surface area contributed by atoms with Crippen molar-refractivity contribution in [3.8, 4) is 23.0 Å². The lowest BCUT2D eigenvalue weighted by Gasteiger charge is -2.26. The Kier molecular flexibility index (Phi) is 11.7. The molecule has 0 fully saturated rings. The fourth-order valence-corrected chi connectivity index (χ4v) is 6.15. The van der Waals surface area contributed by atoms with Crippen LogP contribution in [0.1, 0.15) is 39.2 Å². The third kappa shape index (κ3) is 8.54. The number of sulfone groups is 1. The lowest BCUT2D eigenvalue weighted by atomic mass is 10.0. The van der Waals surface area contributed by atoms with E-state index in [0.29, 0.717) is 62.0 Å². The number of anilines is 1. The second kappa shape index (κ2) is 15.0. The molecule has 0 saturated heterocycles. The van der Waals surface area contributed by atoms with Gasteiger partial charge in [0, 0.05) is 26.1 Å². The van der Waals surface area contributed by atoms with Crippen molar-refractivity contribution in [2.75, 3.05) is 45.5 Å². The number of carbonyl (C=O) groups is 1. The fraction of sp³-hybridized carbons (Fsp3) is 0.536. The Balaban J connectivity index is 1.91. The Morgan fingerprint density at radius 1 is 1.12 bits per heavy atom. The van der Waals surface area contributed by atoms with Gasteiger partial charge in [0.25, 0.3) is 0 Å². The van der Waals surface area contributed by atoms with Crippen molar-refractivity contribution >= 4 is 21.6 Å². The molecule has 3 rings (SSSR count). The van der Waals surface area contributed by atoms with Gasteiger partial charge in [0.05, 0.1) is 18.1 Å². The van der Waals surface area contributed by atoms with Crippen molar-refractivity contribution in [3.05, 3.63) is 35.9 Å². The first kappa shape index (κ1) is 32.1. The van der Waals surface area contributed by atoms with Crippen LogP contribution in [0.4, 0.5) is 10.5 Å². The smallest absolute Gasteiger partial charge is 0.404 e. The molecule has 1 amide bonds. The van der Waals surface area contributed by atoms with Crippen molar-refractivity contribution in [2.24, 2.45) is 11.7 Å². The first-order valence-corrected chi connectivity index (χ1v) is 15.2. The van der Waals surface area contributed by atoms with E-state index in [-0.39, 0.29) is 29.5 Å². The van der Waals surface area contributed by atoms with Gasteiger partial charge in [-0.15, -0.1) is 0 Å². The molecule has 2 atom stereocenters. The number of primary amides is 1. The second-order valence-corrected chi connectivity index (χ2v) is 12.0. The van der Waals surface area contributed by atoms with Gasteiger partial charge in [0.2, 0.25) is 6.79 Å². The van der Waals surface area contributed by atoms with Crippen molar-refractivity contribution in [3.63, 3.8) is 0 Å². The number of benzene rings is 2. The molecule has 41 heavy (non-hydrogen) atoms. The Morgan fingerprint density at radius 3 is 2.56 bits per heavy atom. The largest absolute Gasteiger partial charge is 0.505 e. The Morgan fingerprint density at radius 2 is 1.88 bits per heavy atom. The third-order valence-electron chi connectivity index (χ3n) is 6.55. The molecule has 2 aromatic carbocycles. The maximum Gasteiger partial charge on any atom is 0.404 e. The average molecular weight is 596 g/mol. The molecule has 1 aliphatic rings. The lowest BCUT2D eigenvalue weighted by molar-refractivity contribution is 0.104. The molecule has 0 aromatic heterocycles.